The van der Waals surface area contributed by atoms with E-state index in [0.717, 1.165) is 28.8 Å². The van der Waals surface area contributed by atoms with Crippen molar-refractivity contribution in [3.05, 3.63) is 102 Å². The second-order valence-corrected chi connectivity index (χ2v) is 8.76. The monoisotopic (exact) mass is 452 g/mol. The van der Waals surface area contributed by atoms with Gasteiger partial charge in [0.1, 0.15) is 11.9 Å². The standard InChI is InChI=1S/C28H28N4O2/c1-20-27-30-23-14-8-9-15-24(23)32(27)25(28(34)31(20)19-22-12-6-3-7-13-22)18-26(33)29-17-16-21-10-4-2-5-11-21/h2-15,20,25H,16-19H2,1H3,(H,29,33)/t20-,25-/m1/s1. The molecule has 4 aromatic rings. The van der Waals surface area contributed by atoms with Gasteiger partial charge in [-0.3, -0.25) is 9.59 Å². The van der Waals surface area contributed by atoms with E-state index in [1.807, 2.05) is 101 Å². The van der Waals surface area contributed by atoms with E-state index in [4.69, 9.17) is 4.98 Å². The number of nitrogens with zero attached hydrogens (tertiary/aromatic N) is 3. The lowest BCUT2D eigenvalue weighted by Crippen LogP contribution is -2.46. The molecule has 6 heteroatoms. The molecule has 34 heavy (non-hydrogen) atoms. The zero-order chi connectivity index (χ0) is 23.5. The fourth-order valence-electron chi connectivity index (χ4n) is 4.73. The second kappa shape index (κ2) is 9.51. The quantitative estimate of drug-likeness (QED) is 0.451. The van der Waals surface area contributed by atoms with E-state index in [-0.39, 0.29) is 24.3 Å². The highest BCUT2D eigenvalue weighted by Gasteiger charge is 2.40. The Bertz CT molecular complexity index is 1300. The number of amides is 2. The van der Waals surface area contributed by atoms with Crippen LogP contribution >= 0.6 is 0 Å². The summed E-state index contributed by atoms with van der Waals surface area (Å²) in [6.45, 7) is 3.02. The molecular weight excluding hydrogens is 424 g/mol. The molecule has 1 N–H and O–H groups in total. The van der Waals surface area contributed by atoms with E-state index in [9.17, 15) is 9.59 Å². The lowest BCUT2D eigenvalue weighted by molar-refractivity contribution is -0.142. The number of carbonyl (C=O) groups excluding carboxylic acids is 2. The predicted molar refractivity (Wildman–Crippen MR) is 132 cm³/mol. The summed E-state index contributed by atoms with van der Waals surface area (Å²) in [4.78, 5) is 33.4. The molecule has 2 atom stereocenters. The Morgan fingerprint density at radius 2 is 1.56 bits per heavy atom. The molecule has 0 spiro atoms. The Morgan fingerprint density at radius 3 is 2.29 bits per heavy atom. The van der Waals surface area contributed by atoms with Crippen LogP contribution < -0.4 is 5.32 Å². The van der Waals surface area contributed by atoms with Gasteiger partial charge in [-0.25, -0.2) is 4.98 Å². The van der Waals surface area contributed by atoms with Crippen LogP contribution in [0.1, 0.15) is 42.4 Å². The van der Waals surface area contributed by atoms with Gasteiger partial charge >= 0.3 is 0 Å². The van der Waals surface area contributed by atoms with Crippen LogP contribution in [0.25, 0.3) is 11.0 Å². The van der Waals surface area contributed by atoms with Crippen LogP contribution in [-0.4, -0.2) is 32.8 Å². The van der Waals surface area contributed by atoms with Crippen LogP contribution in [0, 0.1) is 0 Å². The molecule has 0 saturated heterocycles. The molecule has 0 bridgehead atoms. The van der Waals surface area contributed by atoms with E-state index < -0.39 is 6.04 Å². The van der Waals surface area contributed by atoms with Crippen molar-refractivity contribution in [2.75, 3.05) is 6.54 Å². The first-order valence-corrected chi connectivity index (χ1v) is 11.7. The van der Waals surface area contributed by atoms with Crippen LogP contribution in [-0.2, 0) is 22.6 Å². The molecule has 172 valence electrons. The Hall–Kier alpha value is -3.93. The average molecular weight is 453 g/mol. The summed E-state index contributed by atoms with van der Waals surface area (Å²) >= 11 is 0. The first-order valence-electron chi connectivity index (χ1n) is 11.7. The topological polar surface area (TPSA) is 67.2 Å². The van der Waals surface area contributed by atoms with Gasteiger partial charge in [0.25, 0.3) is 0 Å². The van der Waals surface area contributed by atoms with Gasteiger partial charge in [-0.2, -0.15) is 0 Å². The smallest absolute Gasteiger partial charge is 0.247 e. The summed E-state index contributed by atoms with van der Waals surface area (Å²) in [5.41, 5.74) is 3.95. The fraction of sp³-hybridized carbons (Fsp3) is 0.250. The van der Waals surface area contributed by atoms with Crippen molar-refractivity contribution in [2.45, 2.75) is 38.4 Å². The third-order valence-electron chi connectivity index (χ3n) is 6.50. The van der Waals surface area contributed by atoms with Gasteiger partial charge < -0.3 is 14.8 Å². The van der Waals surface area contributed by atoms with Crippen molar-refractivity contribution >= 4 is 22.8 Å². The lowest BCUT2D eigenvalue weighted by Gasteiger charge is -2.38. The molecule has 1 aliphatic heterocycles. The van der Waals surface area contributed by atoms with Crippen LogP contribution in [0.5, 0.6) is 0 Å². The maximum atomic E-state index is 13.8. The molecule has 2 heterocycles. The van der Waals surface area contributed by atoms with Crippen molar-refractivity contribution in [1.82, 2.24) is 19.8 Å². The van der Waals surface area contributed by atoms with Crippen molar-refractivity contribution in [3.63, 3.8) is 0 Å². The van der Waals surface area contributed by atoms with Gasteiger partial charge in [0.2, 0.25) is 11.8 Å². The lowest BCUT2D eigenvalue weighted by atomic mass is 10.0. The van der Waals surface area contributed by atoms with Crippen molar-refractivity contribution in [3.8, 4) is 0 Å². The minimum atomic E-state index is -0.626. The molecule has 0 radical (unpaired) electrons. The number of para-hydroxylation sites is 2. The molecule has 5 rings (SSSR count). The number of nitrogens with one attached hydrogen (secondary N) is 1. The summed E-state index contributed by atoms with van der Waals surface area (Å²) in [6.07, 6.45) is 0.834. The zero-order valence-corrected chi connectivity index (χ0v) is 19.2. The van der Waals surface area contributed by atoms with E-state index in [2.05, 4.69) is 5.32 Å². The largest absolute Gasteiger partial charge is 0.356 e. The molecule has 6 nitrogen and oxygen atoms in total. The summed E-state index contributed by atoms with van der Waals surface area (Å²) < 4.78 is 1.97. The second-order valence-electron chi connectivity index (χ2n) is 8.76. The van der Waals surface area contributed by atoms with Crippen LogP contribution in [0.15, 0.2) is 84.9 Å². The molecule has 0 aliphatic carbocycles. The molecule has 1 aliphatic rings. The van der Waals surface area contributed by atoms with Crippen molar-refractivity contribution in [2.24, 2.45) is 0 Å². The van der Waals surface area contributed by atoms with Crippen LogP contribution in [0.4, 0.5) is 0 Å². The number of benzene rings is 3. The van der Waals surface area contributed by atoms with Gasteiger partial charge in [-0.1, -0.05) is 72.8 Å². The summed E-state index contributed by atoms with van der Waals surface area (Å²) in [5, 5.41) is 3.00. The average Bonchev–Trinajstić information content (AvgIpc) is 3.25. The third-order valence-corrected chi connectivity index (χ3v) is 6.50. The zero-order valence-electron chi connectivity index (χ0n) is 19.2. The number of carbonyl (C=O) groups is 2. The minimum absolute atomic E-state index is 0.0507. The number of aromatic nitrogens is 2. The number of imidazole rings is 1. The normalized spacial score (nSPS) is 17.6. The van der Waals surface area contributed by atoms with Gasteiger partial charge in [0.15, 0.2) is 0 Å². The van der Waals surface area contributed by atoms with Crippen molar-refractivity contribution < 1.29 is 9.59 Å². The van der Waals surface area contributed by atoms with E-state index in [1.54, 1.807) is 0 Å². The number of hydrogen-bond donors (Lipinski definition) is 1. The molecule has 3 aromatic carbocycles. The molecule has 0 unspecified atom stereocenters. The maximum Gasteiger partial charge on any atom is 0.247 e. The van der Waals surface area contributed by atoms with Crippen molar-refractivity contribution in [1.29, 1.82) is 0 Å². The molecule has 1 aromatic heterocycles. The first-order chi connectivity index (χ1) is 16.6. The van der Waals surface area contributed by atoms with Crippen LogP contribution in [0.3, 0.4) is 0 Å². The van der Waals surface area contributed by atoms with Gasteiger partial charge in [0.05, 0.1) is 23.5 Å². The Labute approximate surface area is 199 Å². The summed E-state index contributed by atoms with van der Waals surface area (Å²) in [5.74, 6) is 0.635. The maximum absolute atomic E-state index is 13.8. The van der Waals surface area contributed by atoms with Gasteiger partial charge in [-0.05, 0) is 36.6 Å². The number of rotatable bonds is 7. The molecular formula is C28H28N4O2. The molecule has 2 amide bonds. The van der Waals surface area contributed by atoms with E-state index in [1.165, 1.54) is 5.56 Å². The van der Waals surface area contributed by atoms with E-state index >= 15 is 0 Å². The highest BCUT2D eigenvalue weighted by atomic mass is 16.2. The Balaban J connectivity index is 1.40. The Morgan fingerprint density at radius 1 is 0.912 bits per heavy atom. The molecule has 0 saturated carbocycles. The predicted octanol–water partition coefficient (Wildman–Crippen LogP) is 4.43. The first kappa shape index (κ1) is 21.9. The van der Waals surface area contributed by atoms with E-state index in [0.29, 0.717) is 13.1 Å². The Kier molecular flexibility index (Phi) is 6.12. The van der Waals surface area contributed by atoms with Gasteiger partial charge in [0, 0.05) is 13.1 Å². The number of fused-ring (bicyclic) bond motifs is 3. The fourth-order valence-corrected chi connectivity index (χ4v) is 4.73. The SMILES string of the molecule is C[C@@H]1c2nc3ccccc3n2[C@H](CC(=O)NCCc2ccccc2)C(=O)N1Cc1ccccc1. The number of hydrogen-bond acceptors (Lipinski definition) is 3. The third kappa shape index (κ3) is 4.31. The van der Waals surface area contributed by atoms with Gasteiger partial charge in [-0.15, -0.1) is 0 Å². The summed E-state index contributed by atoms with van der Waals surface area (Å²) in [7, 11) is 0. The molecule has 0 fully saturated rings. The summed E-state index contributed by atoms with van der Waals surface area (Å²) in [6, 6.07) is 27.0. The van der Waals surface area contributed by atoms with Crippen LogP contribution in [0.2, 0.25) is 0 Å². The highest BCUT2D eigenvalue weighted by molar-refractivity contribution is 5.90. The minimum Gasteiger partial charge on any atom is -0.356 e. The highest BCUT2D eigenvalue weighted by Crippen LogP contribution is 2.37.